The Kier molecular flexibility index (Phi) is 4.93. The Labute approximate surface area is 144 Å². The van der Waals surface area contributed by atoms with E-state index in [-0.39, 0.29) is 0 Å². The highest BCUT2D eigenvalue weighted by Crippen LogP contribution is 2.28. The van der Waals surface area contributed by atoms with E-state index in [1.54, 1.807) is 0 Å². The number of nitrogens with one attached hydrogen (secondary N) is 1. The van der Waals surface area contributed by atoms with E-state index in [9.17, 15) is 0 Å². The summed E-state index contributed by atoms with van der Waals surface area (Å²) in [6, 6.07) is 20.8. The summed E-state index contributed by atoms with van der Waals surface area (Å²) in [5.74, 6) is 0. The van der Waals surface area contributed by atoms with Gasteiger partial charge in [0, 0.05) is 31.8 Å². The van der Waals surface area contributed by atoms with Crippen LogP contribution in [0.5, 0.6) is 0 Å². The maximum absolute atomic E-state index is 5.69. The summed E-state index contributed by atoms with van der Waals surface area (Å²) in [6.45, 7) is 5.02. The largest absolute Gasteiger partial charge is 0.380 e. The fourth-order valence-corrected chi connectivity index (χ4v) is 4.02. The number of hydrogen-bond acceptors (Lipinski definition) is 3. The van der Waals surface area contributed by atoms with Crippen LogP contribution in [0.1, 0.15) is 18.4 Å². The molecule has 2 saturated heterocycles. The van der Waals surface area contributed by atoms with Crippen molar-refractivity contribution in [1.82, 2.24) is 10.2 Å². The third kappa shape index (κ3) is 3.39. The number of rotatable bonds is 5. The zero-order valence-electron chi connectivity index (χ0n) is 14.2. The Morgan fingerprint density at radius 2 is 1.79 bits per heavy atom. The van der Waals surface area contributed by atoms with Gasteiger partial charge in [0.05, 0.1) is 6.61 Å². The van der Waals surface area contributed by atoms with Crippen molar-refractivity contribution in [1.29, 1.82) is 0 Å². The lowest BCUT2D eigenvalue weighted by molar-refractivity contribution is 0.108. The third-order valence-corrected chi connectivity index (χ3v) is 5.33. The Hall–Kier alpha value is -1.68. The van der Waals surface area contributed by atoms with Gasteiger partial charge in [-0.15, -0.1) is 0 Å². The molecule has 0 saturated carbocycles. The fourth-order valence-electron chi connectivity index (χ4n) is 4.02. The van der Waals surface area contributed by atoms with Gasteiger partial charge in [-0.1, -0.05) is 54.6 Å². The highest BCUT2D eigenvalue weighted by molar-refractivity contribution is 5.67. The molecule has 0 amide bonds. The Morgan fingerprint density at radius 3 is 2.54 bits per heavy atom. The van der Waals surface area contributed by atoms with E-state index in [1.807, 2.05) is 0 Å². The molecule has 2 heterocycles. The van der Waals surface area contributed by atoms with Gasteiger partial charge in [-0.3, -0.25) is 4.90 Å². The zero-order valence-corrected chi connectivity index (χ0v) is 14.2. The number of hydrogen-bond donors (Lipinski definition) is 1. The molecule has 24 heavy (non-hydrogen) atoms. The second-order valence-electron chi connectivity index (χ2n) is 6.86. The molecule has 2 aliphatic heterocycles. The monoisotopic (exact) mass is 322 g/mol. The first-order valence-electron chi connectivity index (χ1n) is 9.09. The van der Waals surface area contributed by atoms with Crippen LogP contribution in [0.15, 0.2) is 54.6 Å². The predicted octanol–water partition coefficient (Wildman–Crippen LogP) is 3.31. The van der Waals surface area contributed by atoms with Crippen molar-refractivity contribution < 1.29 is 4.74 Å². The maximum atomic E-state index is 5.69. The minimum atomic E-state index is 0.554. The van der Waals surface area contributed by atoms with E-state index in [2.05, 4.69) is 64.8 Å². The third-order valence-electron chi connectivity index (χ3n) is 5.33. The second-order valence-corrected chi connectivity index (χ2v) is 6.86. The summed E-state index contributed by atoms with van der Waals surface area (Å²) >= 11 is 0. The molecule has 3 nitrogen and oxygen atoms in total. The molecule has 2 aliphatic rings. The van der Waals surface area contributed by atoms with Crippen LogP contribution in [0, 0.1) is 0 Å². The zero-order chi connectivity index (χ0) is 16.2. The normalized spacial score (nSPS) is 23.9. The topological polar surface area (TPSA) is 24.5 Å². The van der Waals surface area contributed by atoms with Crippen LogP contribution in [-0.2, 0) is 11.3 Å². The van der Waals surface area contributed by atoms with Crippen molar-refractivity contribution in [2.75, 3.05) is 26.3 Å². The van der Waals surface area contributed by atoms with Crippen molar-refractivity contribution in [3.05, 3.63) is 60.2 Å². The van der Waals surface area contributed by atoms with Gasteiger partial charge in [-0.25, -0.2) is 0 Å². The summed E-state index contributed by atoms with van der Waals surface area (Å²) in [6.07, 6.45) is 2.40. The molecular weight excluding hydrogens is 296 g/mol. The van der Waals surface area contributed by atoms with E-state index in [0.717, 1.165) is 39.3 Å². The average Bonchev–Trinajstić information content (AvgIpc) is 3.35. The minimum Gasteiger partial charge on any atom is -0.380 e. The van der Waals surface area contributed by atoms with E-state index in [1.165, 1.54) is 23.1 Å². The molecule has 4 rings (SSSR count). The lowest BCUT2D eigenvalue weighted by Gasteiger charge is -2.34. The maximum Gasteiger partial charge on any atom is 0.0622 e. The Balaban J connectivity index is 1.62. The van der Waals surface area contributed by atoms with E-state index >= 15 is 0 Å². The molecule has 126 valence electrons. The van der Waals surface area contributed by atoms with Crippen molar-refractivity contribution in [2.24, 2.45) is 0 Å². The molecule has 0 spiro atoms. The molecule has 0 aromatic heterocycles. The highest BCUT2D eigenvalue weighted by atomic mass is 16.5. The number of ether oxygens (including phenoxy) is 1. The number of benzene rings is 2. The molecule has 2 fully saturated rings. The van der Waals surface area contributed by atoms with Gasteiger partial charge in [0.1, 0.15) is 0 Å². The first-order valence-corrected chi connectivity index (χ1v) is 9.09. The van der Waals surface area contributed by atoms with Crippen molar-refractivity contribution >= 4 is 0 Å². The van der Waals surface area contributed by atoms with Crippen molar-refractivity contribution in [3.63, 3.8) is 0 Å². The van der Waals surface area contributed by atoms with Crippen LogP contribution in [-0.4, -0.2) is 43.3 Å². The van der Waals surface area contributed by atoms with E-state index in [0.29, 0.717) is 12.1 Å². The summed E-state index contributed by atoms with van der Waals surface area (Å²) in [5.41, 5.74) is 4.08. The lowest BCUT2D eigenvalue weighted by Crippen LogP contribution is -2.44. The molecule has 1 N–H and O–H groups in total. The van der Waals surface area contributed by atoms with Crippen LogP contribution in [0.25, 0.3) is 11.1 Å². The van der Waals surface area contributed by atoms with Crippen LogP contribution in [0.3, 0.4) is 0 Å². The van der Waals surface area contributed by atoms with Crippen molar-refractivity contribution in [3.8, 4) is 11.1 Å². The van der Waals surface area contributed by atoms with Crippen LogP contribution < -0.4 is 5.32 Å². The highest BCUT2D eigenvalue weighted by Gasteiger charge is 2.31. The standard InChI is InChI=1S/C21H26N2O/c1-2-6-17(7-3-1)21-9-5-4-8-18(21)15-23(19-10-12-22-14-19)20-11-13-24-16-20/h1-9,19-20,22H,10-16H2/t19-,20+/m0/s1. The smallest absolute Gasteiger partial charge is 0.0622 e. The molecule has 0 bridgehead atoms. The van der Waals surface area contributed by atoms with Gasteiger partial charge in [0.2, 0.25) is 0 Å². The van der Waals surface area contributed by atoms with Gasteiger partial charge < -0.3 is 10.1 Å². The SMILES string of the molecule is c1ccc(-c2ccccc2CN([C@@H]2CCOC2)[C@H]2CCNC2)cc1. The van der Waals surface area contributed by atoms with Gasteiger partial charge in [0.15, 0.2) is 0 Å². The first-order chi connectivity index (χ1) is 11.9. The van der Waals surface area contributed by atoms with Crippen LogP contribution in [0.4, 0.5) is 0 Å². The molecule has 3 heteroatoms. The summed E-state index contributed by atoms with van der Waals surface area (Å²) in [4.78, 5) is 2.69. The fraction of sp³-hybridized carbons (Fsp3) is 0.429. The number of nitrogens with zero attached hydrogens (tertiary/aromatic N) is 1. The first kappa shape index (κ1) is 15.8. The molecule has 2 atom stereocenters. The Bertz CT molecular complexity index is 630. The lowest BCUT2D eigenvalue weighted by atomic mass is 9.98. The summed E-state index contributed by atoms with van der Waals surface area (Å²) < 4.78 is 5.69. The average molecular weight is 322 g/mol. The van der Waals surface area contributed by atoms with Gasteiger partial charge in [-0.05, 0) is 36.1 Å². The quantitative estimate of drug-likeness (QED) is 0.914. The summed E-state index contributed by atoms with van der Waals surface area (Å²) in [5, 5.41) is 3.53. The van der Waals surface area contributed by atoms with E-state index in [4.69, 9.17) is 4.74 Å². The van der Waals surface area contributed by atoms with Gasteiger partial charge in [-0.2, -0.15) is 0 Å². The molecule has 0 unspecified atom stereocenters. The van der Waals surface area contributed by atoms with Crippen molar-refractivity contribution in [2.45, 2.75) is 31.5 Å². The van der Waals surface area contributed by atoms with Crippen LogP contribution >= 0.6 is 0 Å². The predicted molar refractivity (Wildman–Crippen MR) is 97.9 cm³/mol. The second kappa shape index (κ2) is 7.47. The van der Waals surface area contributed by atoms with Crippen LogP contribution in [0.2, 0.25) is 0 Å². The summed E-state index contributed by atoms with van der Waals surface area (Å²) in [7, 11) is 0. The van der Waals surface area contributed by atoms with Gasteiger partial charge >= 0.3 is 0 Å². The molecule has 2 aromatic rings. The molecule has 0 radical (unpaired) electrons. The Morgan fingerprint density at radius 1 is 0.958 bits per heavy atom. The molecular formula is C21H26N2O. The van der Waals surface area contributed by atoms with Gasteiger partial charge in [0.25, 0.3) is 0 Å². The minimum absolute atomic E-state index is 0.554. The molecule has 2 aromatic carbocycles. The molecule has 0 aliphatic carbocycles. The van der Waals surface area contributed by atoms with E-state index < -0.39 is 0 Å².